The molecule has 0 aliphatic heterocycles. The van der Waals surface area contributed by atoms with Crippen molar-refractivity contribution in [2.24, 2.45) is 0 Å². The van der Waals surface area contributed by atoms with E-state index in [1.807, 2.05) is 80.6 Å². The van der Waals surface area contributed by atoms with Gasteiger partial charge in [0.15, 0.2) is 0 Å². The maximum absolute atomic E-state index is 12.8. The first-order valence-corrected chi connectivity index (χ1v) is 11.3. The van der Waals surface area contributed by atoms with Crippen molar-refractivity contribution in [2.75, 3.05) is 6.61 Å². The van der Waals surface area contributed by atoms with E-state index in [9.17, 15) is 4.79 Å². The average Bonchev–Trinajstić information content (AvgIpc) is 2.83. The molecule has 166 valence electrons. The highest BCUT2D eigenvalue weighted by molar-refractivity contribution is 5.83. The quantitative estimate of drug-likeness (QED) is 0.333. The average molecular weight is 437 g/mol. The lowest BCUT2D eigenvalue weighted by molar-refractivity contribution is -0.117. The van der Waals surface area contributed by atoms with Gasteiger partial charge in [0.1, 0.15) is 11.5 Å². The van der Waals surface area contributed by atoms with E-state index in [1.54, 1.807) is 6.20 Å². The van der Waals surface area contributed by atoms with Crippen LogP contribution in [0.4, 0.5) is 0 Å². The Hall–Kier alpha value is -3.79. The molecule has 4 nitrogen and oxygen atoms in total. The second-order valence-electron chi connectivity index (χ2n) is 8.15. The zero-order chi connectivity index (χ0) is 23.0. The third-order valence-electron chi connectivity index (χ3n) is 5.49. The molecule has 0 saturated heterocycles. The van der Waals surface area contributed by atoms with E-state index in [-0.39, 0.29) is 12.2 Å². The molecule has 0 amide bonds. The Bertz CT molecular complexity index is 1200. The topological polar surface area (TPSA) is 52.1 Å². The number of carbonyl (C=O) groups excluding carboxylic acids is 1. The van der Waals surface area contributed by atoms with Gasteiger partial charge in [0.25, 0.3) is 0 Å². The minimum atomic E-state index is 0.135. The third-order valence-corrected chi connectivity index (χ3v) is 5.49. The number of ketones is 1. The van der Waals surface area contributed by atoms with Crippen LogP contribution in [-0.4, -0.2) is 22.4 Å². The first-order valence-electron chi connectivity index (χ1n) is 11.3. The number of rotatable bonds is 9. The molecule has 0 bridgehead atoms. The van der Waals surface area contributed by atoms with Gasteiger partial charge in [0.05, 0.1) is 36.3 Å². The molecule has 0 unspecified atom stereocenters. The number of carbonyl (C=O) groups is 1. The van der Waals surface area contributed by atoms with Crippen molar-refractivity contribution in [1.29, 1.82) is 0 Å². The molecule has 0 radical (unpaired) electrons. The Morgan fingerprint density at radius 2 is 1.55 bits per heavy atom. The van der Waals surface area contributed by atoms with Gasteiger partial charge in [-0.2, -0.15) is 0 Å². The summed E-state index contributed by atoms with van der Waals surface area (Å²) in [6, 6.07) is 26.1. The molecule has 4 rings (SSSR count). The molecule has 3 aromatic carbocycles. The van der Waals surface area contributed by atoms with Gasteiger partial charge in [-0.1, -0.05) is 60.2 Å². The van der Waals surface area contributed by atoms with E-state index in [2.05, 4.69) is 12.1 Å². The predicted octanol–water partition coefficient (Wildman–Crippen LogP) is 5.80. The number of aromatic nitrogens is 2. The predicted molar refractivity (Wildman–Crippen MR) is 131 cm³/mol. The van der Waals surface area contributed by atoms with Crippen LogP contribution in [-0.2, 0) is 24.1 Å². The molecule has 4 heteroatoms. The van der Waals surface area contributed by atoms with Gasteiger partial charge in [-0.3, -0.25) is 9.78 Å². The number of hydrogen-bond donors (Lipinski definition) is 0. The summed E-state index contributed by atoms with van der Waals surface area (Å²) in [5.41, 5.74) is 6.69. The highest BCUT2D eigenvalue weighted by atomic mass is 16.5. The summed E-state index contributed by atoms with van der Waals surface area (Å²) in [5, 5.41) is 0. The molecule has 0 N–H and O–H groups in total. The minimum Gasteiger partial charge on any atom is -0.494 e. The molecule has 0 aliphatic rings. The Morgan fingerprint density at radius 1 is 0.818 bits per heavy atom. The molecule has 0 spiro atoms. The van der Waals surface area contributed by atoms with Crippen molar-refractivity contribution >= 4 is 5.78 Å². The Labute approximate surface area is 195 Å². The lowest BCUT2D eigenvalue weighted by Crippen LogP contribution is -2.12. The van der Waals surface area contributed by atoms with Gasteiger partial charge < -0.3 is 4.74 Å². The summed E-state index contributed by atoms with van der Waals surface area (Å²) < 4.78 is 5.54. The van der Waals surface area contributed by atoms with E-state index in [1.165, 1.54) is 5.56 Å². The molecule has 0 atom stereocenters. The maximum Gasteiger partial charge on any atom is 0.143 e. The van der Waals surface area contributed by atoms with Crippen molar-refractivity contribution in [2.45, 2.75) is 33.1 Å². The lowest BCUT2D eigenvalue weighted by Gasteiger charge is -2.11. The van der Waals surface area contributed by atoms with E-state index in [0.29, 0.717) is 19.4 Å². The SMILES string of the molecule is CCOc1ccc(-c2cnc(CC(=O)Cc3ccc(C)cc3)c(Cc3ccccc3)n2)cc1. The van der Waals surface area contributed by atoms with Gasteiger partial charge >= 0.3 is 0 Å². The summed E-state index contributed by atoms with van der Waals surface area (Å²) >= 11 is 0. The van der Waals surface area contributed by atoms with Crippen LogP contribution in [0.1, 0.15) is 35.0 Å². The standard InChI is InChI=1S/C29H28N2O2/c1-3-33-26-15-13-24(14-16-26)29-20-30-27(28(31-29)18-22-7-5-4-6-8-22)19-25(32)17-23-11-9-21(2)10-12-23/h4-16,20H,3,17-19H2,1-2H3. The molecule has 0 fully saturated rings. The van der Waals surface area contributed by atoms with Crippen molar-refractivity contribution < 1.29 is 9.53 Å². The Morgan fingerprint density at radius 3 is 2.24 bits per heavy atom. The second-order valence-corrected chi connectivity index (χ2v) is 8.15. The molecule has 33 heavy (non-hydrogen) atoms. The number of nitrogens with zero attached hydrogens (tertiary/aromatic N) is 2. The number of benzene rings is 3. The fourth-order valence-electron chi connectivity index (χ4n) is 3.74. The van der Waals surface area contributed by atoms with Crippen LogP contribution in [0.5, 0.6) is 5.75 Å². The smallest absolute Gasteiger partial charge is 0.143 e. The summed E-state index contributed by atoms with van der Waals surface area (Å²) in [6.45, 7) is 4.64. The van der Waals surface area contributed by atoms with E-state index < -0.39 is 0 Å². The van der Waals surface area contributed by atoms with E-state index in [0.717, 1.165) is 39.5 Å². The van der Waals surface area contributed by atoms with Crippen LogP contribution in [0.15, 0.2) is 85.1 Å². The molecule has 0 aliphatic carbocycles. The van der Waals surface area contributed by atoms with Crippen LogP contribution >= 0.6 is 0 Å². The molecule has 0 saturated carbocycles. The lowest BCUT2D eigenvalue weighted by atomic mass is 10.0. The first-order chi connectivity index (χ1) is 16.1. The maximum atomic E-state index is 12.8. The van der Waals surface area contributed by atoms with Crippen LogP contribution in [0.3, 0.4) is 0 Å². The van der Waals surface area contributed by atoms with Crippen molar-refractivity contribution in [3.63, 3.8) is 0 Å². The largest absolute Gasteiger partial charge is 0.494 e. The first kappa shape index (κ1) is 22.4. The number of ether oxygens (including phenoxy) is 1. The number of Topliss-reactive ketones (excluding diaryl/α,β-unsaturated/α-hetero) is 1. The van der Waals surface area contributed by atoms with Gasteiger partial charge in [0.2, 0.25) is 0 Å². The van der Waals surface area contributed by atoms with E-state index >= 15 is 0 Å². The van der Waals surface area contributed by atoms with Crippen molar-refractivity contribution in [1.82, 2.24) is 9.97 Å². The van der Waals surface area contributed by atoms with Crippen LogP contribution in [0, 0.1) is 6.92 Å². The normalized spacial score (nSPS) is 10.7. The Balaban J connectivity index is 1.59. The number of aryl methyl sites for hydroxylation is 1. The van der Waals surface area contributed by atoms with Gasteiger partial charge in [-0.15, -0.1) is 0 Å². The monoisotopic (exact) mass is 436 g/mol. The highest BCUT2D eigenvalue weighted by Gasteiger charge is 2.14. The fraction of sp³-hybridized carbons (Fsp3) is 0.207. The van der Waals surface area contributed by atoms with Gasteiger partial charge in [-0.25, -0.2) is 4.98 Å². The summed E-state index contributed by atoms with van der Waals surface area (Å²) in [4.78, 5) is 22.5. The van der Waals surface area contributed by atoms with Crippen LogP contribution < -0.4 is 4.74 Å². The summed E-state index contributed by atoms with van der Waals surface area (Å²) in [5.74, 6) is 0.966. The summed E-state index contributed by atoms with van der Waals surface area (Å²) in [7, 11) is 0. The highest BCUT2D eigenvalue weighted by Crippen LogP contribution is 2.23. The second kappa shape index (κ2) is 10.7. The van der Waals surface area contributed by atoms with Crippen LogP contribution in [0.2, 0.25) is 0 Å². The van der Waals surface area contributed by atoms with Crippen molar-refractivity contribution in [3.8, 4) is 17.0 Å². The molecule has 4 aromatic rings. The molecule has 1 heterocycles. The van der Waals surface area contributed by atoms with Gasteiger partial charge in [-0.05, 0) is 49.2 Å². The van der Waals surface area contributed by atoms with Crippen LogP contribution in [0.25, 0.3) is 11.3 Å². The zero-order valence-corrected chi connectivity index (χ0v) is 19.1. The minimum absolute atomic E-state index is 0.135. The van der Waals surface area contributed by atoms with Gasteiger partial charge in [0, 0.05) is 18.4 Å². The molecular formula is C29H28N2O2. The fourth-order valence-corrected chi connectivity index (χ4v) is 3.74. The van der Waals surface area contributed by atoms with Crippen molar-refractivity contribution in [3.05, 3.63) is 113 Å². The Kier molecular flexibility index (Phi) is 7.26. The molecule has 1 aromatic heterocycles. The number of hydrogen-bond acceptors (Lipinski definition) is 4. The van der Waals surface area contributed by atoms with E-state index in [4.69, 9.17) is 14.7 Å². The molecular weight excluding hydrogens is 408 g/mol. The third kappa shape index (κ3) is 6.13. The summed E-state index contributed by atoms with van der Waals surface area (Å²) in [6.07, 6.45) is 3.06. The zero-order valence-electron chi connectivity index (χ0n) is 19.1.